The molecular weight excluding hydrogens is 221 g/mol. The van der Waals surface area contributed by atoms with E-state index >= 15 is 0 Å². The van der Waals surface area contributed by atoms with Crippen molar-refractivity contribution in [1.29, 1.82) is 0 Å². The number of halogens is 3. The highest BCUT2D eigenvalue weighted by Gasteiger charge is 2.33. The fourth-order valence-electron chi connectivity index (χ4n) is 1.09. The van der Waals surface area contributed by atoms with E-state index in [1.54, 1.807) is 0 Å². The lowest BCUT2D eigenvalue weighted by Gasteiger charge is -2.09. The Kier molecular flexibility index (Phi) is 3.92. The summed E-state index contributed by atoms with van der Waals surface area (Å²) in [5, 5.41) is 2.77. The summed E-state index contributed by atoms with van der Waals surface area (Å²) >= 11 is 0. The Morgan fingerprint density at radius 1 is 1.38 bits per heavy atom. The van der Waals surface area contributed by atoms with Gasteiger partial charge in [0.05, 0.1) is 0 Å². The molecule has 4 nitrogen and oxygen atoms in total. The summed E-state index contributed by atoms with van der Waals surface area (Å²) in [7, 11) is 0. The van der Waals surface area contributed by atoms with E-state index in [1.165, 1.54) is 0 Å². The number of hydrogen-bond donors (Lipinski definition) is 2. The molecule has 0 radical (unpaired) electrons. The number of nitrogens with zero attached hydrogens (tertiary/aromatic N) is 2. The maximum absolute atomic E-state index is 12.4. The summed E-state index contributed by atoms with van der Waals surface area (Å²) in [5.41, 5.74) is 4.17. The molecule has 0 bridgehead atoms. The lowest BCUT2D eigenvalue weighted by atomic mass is 10.3. The van der Waals surface area contributed by atoms with Crippen molar-refractivity contribution in [3.8, 4) is 0 Å². The molecule has 0 unspecified atom stereocenters. The lowest BCUT2D eigenvalue weighted by Crippen LogP contribution is -2.13. The second-order valence-corrected chi connectivity index (χ2v) is 3.27. The average molecular weight is 234 g/mol. The number of nitrogens with one attached hydrogen (secondary N) is 1. The quantitative estimate of drug-likeness (QED) is 0.784. The lowest BCUT2D eigenvalue weighted by molar-refractivity contribution is -0.141. The molecule has 3 N–H and O–H groups in total. The van der Waals surface area contributed by atoms with Crippen molar-refractivity contribution >= 4 is 11.8 Å². The molecule has 0 saturated heterocycles. The molecule has 0 aliphatic carbocycles. The zero-order valence-corrected chi connectivity index (χ0v) is 8.80. The molecule has 1 rings (SSSR count). The molecule has 0 spiro atoms. The van der Waals surface area contributed by atoms with Gasteiger partial charge in [-0.2, -0.15) is 18.2 Å². The van der Waals surface area contributed by atoms with E-state index in [4.69, 9.17) is 5.73 Å². The Morgan fingerprint density at radius 2 is 2.06 bits per heavy atom. The summed E-state index contributed by atoms with van der Waals surface area (Å²) in [6.45, 7) is 2.54. The van der Waals surface area contributed by atoms with Crippen LogP contribution in [0, 0.1) is 0 Å². The van der Waals surface area contributed by atoms with Gasteiger partial charge in [-0.25, -0.2) is 4.98 Å². The highest BCUT2D eigenvalue weighted by Crippen LogP contribution is 2.29. The van der Waals surface area contributed by atoms with Gasteiger partial charge >= 0.3 is 6.18 Å². The Labute approximate surface area is 91.1 Å². The van der Waals surface area contributed by atoms with E-state index in [2.05, 4.69) is 15.3 Å². The SMILES string of the molecule is CCCCNc1cc(C(F)(F)F)nc(N)n1. The van der Waals surface area contributed by atoms with Gasteiger partial charge in [0.1, 0.15) is 5.82 Å². The fraction of sp³-hybridized carbons (Fsp3) is 0.556. The van der Waals surface area contributed by atoms with Crippen LogP contribution < -0.4 is 11.1 Å². The highest BCUT2D eigenvalue weighted by molar-refractivity contribution is 5.41. The van der Waals surface area contributed by atoms with Crippen LogP contribution in [0.3, 0.4) is 0 Å². The van der Waals surface area contributed by atoms with Crippen LogP contribution in [0.5, 0.6) is 0 Å². The third kappa shape index (κ3) is 3.56. The second kappa shape index (κ2) is 5.00. The minimum atomic E-state index is -4.50. The average Bonchev–Trinajstić information content (AvgIpc) is 2.16. The summed E-state index contributed by atoms with van der Waals surface area (Å²) in [5.74, 6) is -0.276. The normalized spacial score (nSPS) is 11.5. The Hall–Kier alpha value is -1.53. The molecular formula is C9H13F3N4. The largest absolute Gasteiger partial charge is 0.433 e. The number of unbranched alkanes of at least 4 members (excludes halogenated alkanes) is 1. The van der Waals surface area contributed by atoms with Gasteiger partial charge in [0.2, 0.25) is 5.95 Å². The molecule has 1 aromatic heterocycles. The Bertz CT molecular complexity index is 351. The van der Waals surface area contributed by atoms with Crippen molar-refractivity contribution in [2.75, 3.05) is 17.6 Å². The first-order chi connectivity index (χ1) is 7.43. The van der Waals surface area contributed by atoms with Gasteiger partial charge in [-0.3, -0.25) is 0 Å². The van der Waals surface area contributed by atoms with Crippen LogP contribution in [-0.2, 0) is 6.18 Å². The molecule has 16 heavy (non-hydrogen) atoms. The maximum atomic E-state index is 12.4. The molecule has 0 amide bonds. The van der Waals surface area contributed by atoms with Gasteiger partial charge in [-0.15, -0.1) is 0 Å². The number of nitrogen functional groups attached to an aromatic ring is 1. The minimum Gasteiger partial charge on any atom is -0.370 e. The number of hydrogen-bond acceptors (Lipinski definition) is 4. The Balaban J connectivity index is 2.82. The molecule has 1 aromatic rings. The molecule has 0 atom stereocenters. The van der Waals surface area contributed by atoms with Crippen molar-refractivity contribution in [2.45, 2.75) is 25.9 Å². The van der Waals surface area contributed by atoms with Gasteiger partial charge in [0.15, 0.2) is 5.69 Å². The third-order valence-electron chi connectivity index (χ3n) is 1.87. The van der Waals surface area contributed by atoms with Crippen LogP contribution in [0.4, 0.5) is 24.9 Å². The van der Waals surface area contributed by atoms with Crippen LogP contribution in [0.25, 0.3) is 0 Å². The number of aromatic nitrogens is 2. The van der Waals surface area contributed by atoms with Crippen LogP contribution in [-0.4, -0.2) is 16.5 Å². The molecule has 0 aromatic carbocycles. The van der Waals surface area contributed by atoms with E-state index in [9.17, 15) is 13.2 Å². The van der Waals surface area contributed by atoms with Crippen molar-refractivity contribution in [3.05, 3.63) is 11.8 Å². The van der Waals surface area contributed by atoms with Gasteiger partial charge in [-0.1, -0.05) is 13.3 Å². The smallest absolute Gasteiger partial charge is 0.370 e. The van der Waals surface area contributed by atoms with Crippen molar-refractivity contribution < 1.29 is 13.2 Å². The van der Waals surface area contributed by atoms with Crippen LogP contribution in [0.2, 0.25) is 0 Å². The third-order valence-corrected chi connectivity index (χ3v) is 1.87. The number of nitrogens with two attached hydrogens (primary N) is 1. The van der Waals surface area contributed by atoms with E-state index < -0.39 is 11.9 Å². The molecule has 0 saturated carbocycles. The Morgan fingerprint density at radius 3 is 2.62 bits per heavy atom. The summed E-state index contributed by atoms with van der Waals surface area (Å²) < 4.78 is 37.1. The molecule has 0 aliphatic heterocycles. The first-order valence-electron chi connectivity index (χ1n) is 4.89. The number of alkyl halides is 3. The van der Waals surface area contributed by atoms with Crippen LogP contribution >= 0.6 is 0 Å². The molecule has 0 fully saturated rings. The fourth-order valence-corrected chi connectivity index (χ4v) is 1.09. The summed E-state index contributed by atoms with van der Waals surface area (Å²) in [6, 6.07) is 0.853. The van der Waals surface area contributed by atoms with Gasteiger partial charge in [-0.05, 0) is 6.42 Å². The second-order valence-electron chi connectivity index (χ2n) is 3.27. The molecule has 7 heteroatoms. The maximum Gasteiger partial charge on any atom is 0.433 e. The standard InChI is InChI=1S/C9H13F3N4/c1-2-3-4-14-7-5-6(9(10,11)12)15-8(13)16-7/h5H,2-4H2,1H3,(H3,13,14,15,16). The van der Waals surface area contributed by atoms with E-state index in [-0.39, 0.29) is 11.8 Å². The zero-order valence-electron chi connectivity index (χ0n) is 8.80. The first-order valence-corrected chi connectivity index (χ1v) is 4.89. The van der Waals surface area contributed by atoms with E-state index in [0.29, 0.717) is 6.54 Å². The molecule has 1 heterocycles. The van der Waals surface area contributed by atoms with Crippen LogP contribution in [0.1, 0.15) is 25.5 Å². The van der Waals surface area contributed by atoms with Crippen molar-refractivity contribution in [3.63, 3.8) is 0 Å². The van der Waals surface area contributed by atoms with Crippen LogP contribution in [0.15, 0.2) is 6.07 Å². The van der Waals surface area contributed by atoms with Gasteiger partial charge < -0.3 is 11.1 Å². The van der Waals surface area contributed by atoms with E-state index in [1.807, 2.05) is 6.92 Å². The summed E-state index contributed by atoms with van der Waals surface area (Å²) in [4.78, 5) is 6.81. The molecule has 0 aliphatic rings. The first kappa shape index (κ1) is 12.5. The monoisotopic (exact) mass is 234 g/mol. The van der Waals surface area contributed by atoms with Gasteiger partial charge in [0, 0.05) is 12.6 Å². The summed E-state index contributed by atoms with van der Waals surface area (Å²) in [6.07, 6.45) is -2.71. The zero-order chi connectivity index (χ0) is 12.2. The van der Waals surface area contributed by atoms with Crippen molar-refractivity contribution in [1.82, 2.24) is 9.97 Å². The topological polar surface area (TPSA) is 63.8 Å². The predicted molar refractivity (Wildman–Crippen MR) is 54.8 cm³/mol. The minimum absolute atomic E-state index is 0.105. The molecule has 90 valence electrons. The van der Waals surface area contributed by atoms with E-state index in [0.717, 1.165) is 18.9 Å². The van der Waals surface area contributed by atoms with Gasteiger partial charge in [0.25, 0.3) is 0 Å². The predicted octanol–water partition coefficient (Wildman–Crippen LogP) is 2.29. The van der Waals surface area contributed by atoms with Crippen molar-refractivity contribution in [2.24, 2.45) is 0 Å². The highest BCUT2D eigenvalue weighted by atomic mass is 19.4. The number of rotatable bonds is 4. The number of anilines is 2.